The highest BCUT2D eigenvalue weighted by Crippen LogP contribution is 2.33. The molecule has 3 heterocycles. The molecule has 5 rings (SSSR count). The standard InChI is InChI=1S/C21H15F4N3O2/c22-14-8-13-15(29)9-16(12-4-2-11(3-5-12)10-28-6-1-7-28)30-19(13)18-17(14)26-20(27-18)21(23,24)25/h2-5,8-9H,1,6-7,10H2,(H,26,27). The Labute approximate surface area is 166 Å². The molecule has 1 N–H and O–H groups in total. The van der Waals surface area contributed by atoms with Crippen LogP contribution in [-0.2, 0) is 12.7 Å². The Morgan fingerprint density at radius 1 is 1.13 bits per heavy atom. The van der Waals surface area contributed by atoms with Gasteiger partial charge in [-0.15, -0.1) is 0 Å². The first-order valence-electron chi connectivity index (χ1n) is 9.34. The van der Waals surface area contributed by atoms with Gasteiger partial charge in [-0.05, 0) is 31.1 Å². The maximum Gasteiger partial charge on any atom is 0.449 e. The molecule has 2 aromatic carbocycles. The van der Waals surface area contributed by atoms with E-state index in [1.165, 1.54) is 12.5 Å². The molecule has 2 aromatic heterocycles. The predicted molar refractivity (Wildman–Crippen MR) is 102 cm³/mol. The van der Waals surface area contributed by atoms with Gasteiger partial charge in [0.15, 0.2) is 11.0 Å². The number of hydrogen-bond donors (Lipinski definition) is 1. The van der Waals surface area contributed by atoms with Crippen LogP contribution in [0.4, 0.5) is 17.6 Å². The van der Waals surface area contributed by atoms with Crippen molar-refractivity contribution in [3.05, 3.63) is 63.8 Å². The third-order valence-corrected chi connectivity index (χ3v) is 5.27. The number of hydrogen-bond acceptors (Lipinski definition) is 4. The van der Waals surface area contributed by atoms with E-state index in [-0.39, 0.29) is 22.2 Å². The number of aromatic nitrogens is 2. The van der Waals surface area contributed by atoms with Gasteiger partial charge >= 0.3 is 6.18 Å². The SMILES string of the molecule is O=c1cc(-c2ccc(CN3CCC3)cc2)oc2c1cc(F)c1[nH]c(C(F)(F)F)nc12. The van der Waals surface area contributed by atoms with E-state index in [0.29, 0.717) is 5.56 Å². The van der Waals surface area contributed by atoms with Crippen molar-refractivity contribution in [3.8, 4) is 11.3 Å². The van der Waals surface area contributed by atoms with Crippen LogP contribution >= 0.6 is 0 Å². The van der Waals surface area contributed by atoms with Crippen LogP contribution in [0.1, 0.15) is 17.8 Å². The first-order valence-corrected chi connectivity index (χ1v) is 9.34. The van der Waals surface area contributed by atoms with E-state index >= 15 is 0 Å². The van der Waals surface area contributed by atoms with Crippen LogP contribution in [0.15, 0.2) is 45.6 Å². The minimum absolute atomic E-state index is 0.168. The van der Waals surface area contributed by atoms with Crippen molar-refractivity contribution < 1.29 is 22.0 Å². The first kappa shape index (κ1) is 18.8. The summed E-state index contributed by atoms with van der Waals surface area (Å²) in [4.78, 5) is 20.2. The van der Waals surface area contributed by atoms with Gasteiger partial charge in [0, 0.05) is 18.2 Å². The van der Waals surface area contributed by atoms with E-state index in [9.17, 15) is 22.4 Å². The molecule has 1 aliphatic heterocycles. The molecule has 0 bridgehead atoms. The van der Waals surface area contributed by atoms with E-state index in [4.69, 9.17) is 4.42 Å². The maximum atomic E-state index is 14.3. The molecule has 154 valence electrons. The van der Waals surface area contributed by atoms with E-state index in [2.05, 4.69) is 9.88 Å². The Morgan fingerprint density at radius 3 is 2.50 bits per heavy atom. The highest BCUT2D eigenvalue weighted by atomic mass is 19.4. The van der Waals surface area contributed by atoms with Crippen molar-refractivity contribution in [1.82, 2.24) is 14.9 Å². The molecule has 1 saturated heterocycles. The summed E-state index contributed by atoms with van der Waals surface area (Å²) in [7, 11) is 0. The molecule has 30 heavy (non-hydrogen) atoms. The van der Waals surface area contributed by atoms with Crippen molar-refractivity contribution in [2.75, 3.05) is 13.1 Å². The average molecular weight is 417 g/mol. The number of alkyl halides is 3. The van der Waals surface area contributed by atoms with E-state index in [0.717, 1.165) is 31.3 Å². The molecule has 0 radical (unpaired) electrons. The van der Waals surface area contributed by atoms with Gasteiger partial charge in [-0.3, -0.25) is 9.69 Å². The lowest BCUT2D eigenvalue weighted by Crippen LogP contribution is -2.36. The summed E-state index contributed by atoms with van der Waals surface area (Å²) < 4.78 is 59.1. The van der Waals surface area contributed by atoms with E-state index in [1.807, 2.05) is 17.1 Å². The summed E-state index contributed by atoms with van der Waals surface area (Å²) in [6.07, 6.45) is -3.60. The zero-order chi connectivity index (χ0) is 21.0. The van der Waals surface area contributed by atoms with Crippen molar-refractivity contribution in [2.24, 2.45) is 0 Å². The maximum absolute atomic E-state index is 14.3. The van der Waals surface area contributed by atoms with Crippen LogP contribution < -0.4 is 5.43 Å². The summed E-state index contributed by atoms with van der Waals surface area (Å²) in [6, 6.07) is 9.46. The second kappa shape index (κ2) is 6.66. The summed E-state index contributed by atoms with van der Waals surface area (Å²) in [5.74, 6) is -2.18. The largest absolute Gasteiger partial charge is 0.453 e. The normalized spacial score (nSPS) is 15.1. The highest BCUT2D eigenvalue weighted by molar-refractivity contribution is 6.01. The Kier molecular flexibility index (Phi) is 4.18. The van der Waals surface area contributed by atoms with Crippen LogP contribution in [0.5, 0.6) is 0 Å². The van der Waals surface area contributed by atoms with E-state index < -0.39 is 28.8 Å². The molecule has 1 aliphatic rings. The number of nitrogens with one attached hydrogen (secondary N) is 1. The first-order chi connectivity index (χ1) is 14.3. The third kappa shape index (κ3) is 3.15. The van der Waals surface area contributed by atoms with Gasteiger partial charge in [-0.1, -0.05) is 24.3 Å². The van der Waals surface area contributed by atoms with Gasteiger partial charge in [-0.25, -0.2) is 9.37 Å². The number of rotatable bonds is 3. The van der Waals surface area contributed by atoms with Gasteiger partial charge in [-0.2, -0.15) is 13.2 Å². The number of halogens is 4. The molecular formula is C21H15F4N3O2. The summed E-state index contributed by atoms with van der Waals surface area (Å²) >= 11 is 0. The highest BCUT2D eigenvalue weighted by Gasteiger charge is 2.36. The Bertz CT molecular complexity index is 1320. The van der Waals surface area contributed by atoms with Gasteiger partial charge in [0.1, 0.15) is 22.6 Å². The molecule has 4 aromatic rings. The molecule has 0 aliphatic carbocycles. The molecule has 0 atom stereocenters. The van der Waals surface area contributed by atoms with Crippen LogP contribution in [0.25, 0.3) is 33.3 Å². The van der Waals surface area contributed by atoms with Crippen molar-refractivity contribution >= 4 is 22.0 Å². The van der Waals surface area contributed by atoms with Crippen LogP contribution in [-0.4, -0.2) is 28.0 Å². The molecule has 0 saturated carbocycles. The number of nitrogens with zero attached hydrogens (tertiary/aromatic N) is 2. The summed E-state index contributed by atoms with van der Waals surface area (Å²) in [5, 5.41) is -0.168. The number of aromatic amines is 1. The van der Waals surface area contributed by atoms with Crippen molar-refractivity contribution in [1.29, 1.82) is 0 Å². The summed E-state index contributed by atoms with van der Waals surface area (Å²) in [5.41, 5.74) is 0.114. The van der Waals surface area contributed by atoms with Crippen LogP contribution in [0.3, 0.4) is 0 Å². The van der Waals surface area contributed by atoms with Gasteiger partial charge in [0.25, 0.3) is 0 Å². The van der Waals surface area contributed by atoms with Gasteiger partial charge < -0.3 is 9.40 Å². The quantitative estimate of drug-likeness (QED) is 0.491. The fourth-order valence-corrected chi connectivity index (χ4v) is 3.57. The van der Waals surface area contributed by atoms with Gasteiger partial charge in [0.2, 0.25) is 5.82 Å². The second-order valence-electron chi connectivity index (χ2n) is 7.34. The van der Waals surface area contributed by atoms with Gasteiger partial charge in [0.05, 0.1) is 5.39 Å². The Morgan fingerprint density at radius 2 is 1.87 bits per heavy atom. The molecule has 5 nitrogen and oxygen atoms in total. The lowest BCUT2D eigenvalue weighted by Gasteiger charge is -2.30. The summed E-state index contributed by atoms with van der Waals surface area (Å²) in [6.45, 7) is 2.96. The molecular weight excluding hydrogens is 402 g/mol. The smallest absolute Gasteiger partial charge is 0.449 e. The van der Waals surface area contributed by atoms with Crippen LogP contribution in [0.2, 0.25) is 0 Å². The molecule has 0 spiro atoms. The monoisotopic (exact) mass is 417 g/mol. The Hall–Kier alpha value is -3.20. The number of likely N-dealkylation sites (tertiary alicyclic amines) is 1. The molecule has 0 amide bonds. The third-order valence-electron chi connectivity index (χ3n) is 5.27. The zero-order valence-corrected chi connectivity index (χ0v) is 15.5. The predicted octanol–water partition coefficient (Wildman–Crippen LogP) is 4.70. The average Bonchev–Trinajstić information content (AvgIpc) is 3.13. The van der Waals surface area contributed by atoms with Crippen molar-refractivity contribution in [2.45, 2.75) is 19.1 Å². The second-order valence-corrected chi connectivity index (χ2v) is 7.34. The minimum atomic E-state index is -4.79. The number of benzene rings is 2. The Balaban J connectivity index is 1.63. The van der Waals surface area contributed by atoms with E-state index in [1.54, 1.807) is 12.1 Å². The number of H-pyrrole nitrogens is 1. The lowest BCUT2D eigenvalue weighted by molar-refractivity contribution is -0.144. The molecule has 1 fully saturated rings. The molecule has 9 heteroatoms. The van der Waals surface area contributed by atoms with Crippen LogP contribution in [0, 0.1) is 5.82 Å². The zero-order valence-electron chi connectivity index (χ0n) is 15.5. The fraction of sp³-hybridized carbons (Fsp3) is 0.238. The fourth-order valence-electron chi connectivity index (χ4n) is 3.57. The molecule has 0 unspecified atom stereocenters. The topological polar surface area (TPSA) is 62.1 Å². The lowest BCUT2D eigenvalue weighted by atomic mass is 10.1. The minimum Gasteiger partial charge on any atom is -0.453 e. The number of imidazole rings is 1. The van der Waals surface area contributed by atoms with Crippen molar-refractivity contribution in [3.63, 3.8) is 0 Å². The number of fused-ring (bicyclic) bond motifs is 3.